The predicted octanol–water partition coefficient (Wildman–Crippen LogP) is 4.70. The van der Waals surface area contributed by atoms with Crippen LogP contribution in [0.1, 0.15) is 43.5 Å². The molecule has 0 aliphatic heterocycles. The summed E-state index contributed by atoms with van der Waals surface area (Å²) < 4.78 is 0.986. The van der Waals surface area contributed by atoms with E-state index in [0.717, 1.165) is 22.9 Å². The summed E-state index contributed by atoms with van der Waals surface area (Å²) in [6.07, 6.45) is 3.37. The van der Waals surface area contributed by atoms with E-state index in [1.54, 1.807) is 0 Å². The third kappa shape index (κ3) is 3.19. The van der Waals surface area contributed by atoms with Crippen LogP contribution in [0.5, 0.6) is 0 Å². The van der Waals surface area contributed by atoms with E-state index in [1.807, 2.05) is 24.3 Å². The highest BCUT2D eigenvalue weighted by molar-refractivity contribution is 9.10. The molecule has 1 aliphatic carbocycles. The van der Waals surface area contributed by atoms with E-state index in [-0.39, 0.29) is 5.92 Å². The van der Waals surface area contributed by atoms with Crippen LogP contribution in [0.25, 0.3) is 0 Å². The molecular weight excluding hydrogens is 276 g/mol. The zero-order chi connectivity index (χ0) is 12.4. The maximum Gasteiger partial charge on any atom is 0.165 e. The predicted molar refractivity (Wildman–Crippen MR) is 74.1 cm³/mol. The van der Waals surface area contributed by atoms with Gasteiger partial charge in [0, 0.05) is 16.0 Å². The molecule has 0 aromatic heterocycles. The van der Waals surface area contributed by atoms with E-state index < -0.39 is 0 Å². The van der Waals surface area contributed by atoms with E-state index in [4.69, 9.17) is 0 Å². The van der Waals surface area contributed by atoms with Crippen molar-refractivity contribution in [3.8, 4) is 0 Å². The van der Waals surface area contributed by atoms with Crippen LogP contribution in [0.15, 0.2) is 28.7 Å². The van der Waals surface area contributed by atoms with Gasteiger partial charge in [0.25, 0.3) is 0 Å². The van der Waals surface area contributed by atoms with E-state index in [1.165, 1.54) is 6.42 Å². The summed E-state index contributed by atoms with van der Waals surface area (Å²) >= 11 is 3.43. The van der Waals surface area contributed by atoms with Crippen LogP contribution in [0.4, 0.5) is 0 Å². The Balaban J connectivity index is 2.14. The number of rotatable bonds is 2. The quantitative estimate of drug-likeness (QED) is 0.722. The standard InChI is InChI=1S/C15H19BrO/c1-10-6-11(2)8-13(7-10)15(17)12-4-3-5-14(16)9-12/h3-5,9-11,13H,6-8H2,1-2H3. The Morgan fingerprint density at radius 2 is 1.82 bits per heavy atom. The number of hydrogen-bond acceptors (Lipinski definition) is 1. The molecule has 1 fully saturated rings. The molecule has 0 spiro atoms. The van der Waals surface area contributed by atoms with Gasteiger partial charge < -0.3 is 0 Å². The molecule has 2 unspecified atom stereocenters. The molecule has 17 heavy (non-hydrogen) atoms. The van der Waals surface area contributed by atoms with Gasteiger partial charge in [-0.25, -0.2) is 0 Å². The third-order valence-electron chi connectivity index (χ3n) is 3.66. The second-order valence-corrected chi connectivity index (χ2v) is 6.40. The lowest BCUT2D eigenvalue weighted by atomic mass is 9.74. The second kappa shape index (κ2) is 5.34. The first-order valence-electron chi connectivity index (χ1n) is 6.36. The lowest BCUT2D eigenvalue weighted by molar-refractivity contribution is 0.0836. The highest BCUT2D eigenvalue weighted by atomic mass is 79.9. The van der Waals surface area contributed by atoms with Gasteiger partial charge >= 0.3 is 0 Å². The van der Waals surface area contributed by atoms with Crippen molar-refractivity contribution in [3.63, 3.8) is 0 Å². The smallest absolute Gasteiger partial charge is 0.165 e. The maximum absolute atomic E-state index is 12.4. The fourth-order valence-electron chi connectivity index (χ4n) is 3.04. The van der Waals surface area contributed by atoms with Gasteiger partial charge in [-0.15, -0.1) is 0 Å². The van der Waals surface area contributed by atoms with E-state index in [9.17, 15) is 4.79 Å². The molecule has 2 atom stereocenters. The summed E-state index contributed by atoms with van der Waals surface area (Å²) in [7, 11) is 0. The lowest BCUT2D eigenvalue weighted by Crippen LogP contribution is -2.26. The van der Waals surface area contributed by atoms with Crippen molar-refractivity contribution in [2.24, 2.45) is 17.8 Å². The van der Waals surface area contributed by atoms with Crippen LogP contribution in [0, 0.1) is 17.8 Å². The molecule has 0 radical (unpaired) electrons. The molecule has 1 aromatic rings. The summed E-state index contributed by atoms with van der Waals surface area (Å²) in [5, 5.41) is 0. The number of halogens is 1. The molecule has 1 nitrogen and oxygen atoms in total. The molecule has 0 saturated heterocycles. The van der Waals surface area contributed by atoms with Crippen molar-refractivity contribution in [1.29, 1.82) is 0 Å². The van der Waals surface area contributed by atoms with Crippen LogP contribution < -0.4 is 0 Å². The van der Waals surface area contributed by atoms with Gasteiger partial charge in [-0.3, -0.25) is 4.79 Å². The first kappa shape index (κ1) is 12.8. The molecule has 1 aliphatic rings. The second-order valence-electron chi connectivity index (χ2n) is 5.49. The average molecular weight is 295 g/mol. The Morgan fingerprint density at radius 1 is 1.18 bits per heavy atom. The Labute approximate surface area is 112 Å². The molecule has 2 heteroatoms. The number of Topliss-reactive ketones (excluding diaryl/α,β-unsaturated/α-hetero) is 1. The first-order chi connectivity index (χ1) is 8.06. The Kier molecular flexibility index (Phi) is 4.03. The third-order valence-corrected chi connectivity index (χ3v) is 4.15. The van der Waals surface area contributed by atoms with Crippen molar-refractivity contribution in [2.45, 2.75) is 33.1 Å². The van der Waals surface area contributed by atoms with Gasteiger partial charge in [0.2, 0.25) is 0 Å². The molecular formula is C15H19BrO. The number of benzene rings is 1. The molecule has 92 valence electrons. The lowest BCUT2D eigenvalue weighted by Gasteiger charge is -2.30. The van der Waals surface area contributed by atoms with Gasteiger partial charge in [-0.1, -0.05) is 41.9 Å². The van der Waals surface area contributed by atoms with Crippen LogP contribution in [0.2, 0.25) is 0 Å². The monoisotopic (exact) mass is 294 g/mol. The average Bonchev–Trinajstić information content (AvgIpc) is 2.26. The number of carbonyl (C=O) groups is 1. The Hall–Kier alpha value is -0.630. The number of ketones is 1. The number of carbonyl (C=O) groups excluding carboxylic acids is 1. The molecule has 0 heterocycles. The van der Waals surface area contributed by atoms with Crippen molar-refractivity contribution in [2.75, 3.05) is 0 Å². The SMILES string of the molecule is CC1CC(C)CC(C(=O)c2cccc(Br)c2)C1. The van der Waals surface area contributed by atoms with Gasteiger partial charge in [0.1, 0.15) is 0 Å². The minimum Gasteiger partial charge on any atom is -0.294 e. The Morgan fingerprint density at radius 3 is 2.41 bits per heavy atom. The van der Waals surface area contributed by atoms with Crippen LogP contribution in [-0.4, -0.2) is 5.78 Å². The minimum absolute atomic E-state index is 0.225. The maximum atomic E-state index is 12.4. The molecule has 0 amide bonds. The minimum atomic E-state index is 0.225. The molecule has 0 N–H and O–H groups in total. The van der Waals surface area contributed by atoms with E-state index in [0.29, 0.717) is 17.6 Å². The molecule has 2 rings (SSSR count). The largest absolute Gasteiger partial charge is 0.294 e. The molecule has 0 bridgehead atoms. The van der Waals surface area contributed by atoms with E-state index >= 15 is 0 Å². The highest BCUT2D eigenvalue weighted by Crippen LogP contribution is 2.34. The summed E-state index contributed by atoms with van der Waals surface area (Å²) in [4.78, 5) is 12.4. The van der Waals surface area contributed by atoms with Gasteiger partial charge in [-0.2, -0.15) is 0 Å². The van der Waals surface area contributed by atoms with Crippen molar-refractivity contribution >= 4 is 21.7 Å². The van der Waals surface area contributed by atoms with Gasteiger partial charge in [0.15, 0.2) is 5.78 Å². The number of hydrogen-bond donors (Lipinski definition) is 0. The molecule has 1 aromatic carbocycles. The fourth-order valence-corrected chi connectivity index (χ4v) is 3.44. The van der Waals surface area contributed by atoms with Crippen molar-refractivity contribution in [1.82, 2.24) is 0 Å². The normalized spacial score (nSPS) is 29.0. The van der Waals surface area contributed by atoms with Crippen LogP contribution >= 0.6 is 15.9 Å². The van der Waals surface area contributed by atoms with Crippen LogP contribution in [0.3, 0.4) is 0 Å². The van der Waals surface area contributed by atoms with Crippen molar-refractivity contribution < 1.29 is 4.79 Å². The topological polar surface area (TPSA) is 17.1 Å². The van der Waals surface area contributed by atoms with Gasteiger partial charge in [-0.05, 0) is 43.2 Å². The first-order valence-corrected chi connectivity index (χ1v) is 7.15. The summed E-state index contributed by atoms with van der Waals surface area (Å²) in [5.41, 5.74) is 0.852. The fraction of sp³-hybridized carbons (Fsp3) is 0.533. The van der Waals surface area contributed by atoms with Crippen molar-refractivity contribution in [3.05, 3.63) is 34.3 Å². The summed E-state index contributed by atoms with van der Waals surface area (Å²) in [6, 6.07) is 7.76. The highest BCUT2D eigenvalue weighted by Gasteiger charge is 2.29. The zero-order valence-electron chi connectivity index (χ0n) is 10.4. The van der Waals surface area contributed by atoms with E-state index in [2.05, 4.69) is 29.8 Å². The van der Waals surface area contributed by atoms with Gasteiger partial charge in [0.05, 0.1) is 0 Å². The summed E-state index contributed by atoms with van der Waals surface area (Å²) in [5.74, 6) is 1.91. The summed E-state index contributed by atoms with van der Waals surface area (Å²) in [6.45, 7) is 4.52. The molecule has 1 saturated carbocycles. The zero-order valence-corrected chi connectivity index (χ0v) is 12.0. The Bertz CT molecular complexity index is 403. The van der Waals surface area contributed by atoms with Crippen LogP contribution in [-0.2, 0) is 0 Å².